The van der Waals surface area contributed by atoms with Crippen LogP contribution in [0, 0.1) is 11.3 Å². The molecule has 18 heavy (non-hydrogen) atoms. The Kier molecular flexibility index (Phi) is 4.40. The highest BCUT2D eigenvalue weighted by atomic mass is 35.5. The minimum atomic E-state index is 0.405. The molecule has 1 aromatic rings. The van der Waals surface area contributed by atoms with Crippen LogP contribution in [0.2, 0.25) is 5.02 Å². The van der Waals surface area contributed by atoms with Gasteiger partial charge in [-0.1, -0.05) is 11.6 Å². The van der Waals surface area contributed by atoms with Crippen molar-refractivity contribution in [2.75, 3.05) is 25.0 Å². The summed E-state index contributed by atoms with van der Waals surface area (Å²) in [4.78, 5) is 6.58. The molecule has 1 atom stereocenters. The largest absolute Gasteiger partial charge is 0.351 e. The molecule has 0 amide bonds. The molecule has 1 aliphatic heterocycles. The third kappa shape index (κ3) is 2.58. The molecule has 1 aromatic heterocycles. The van der Waals surface area contributed by atoms with E-state index in [9.17, 15) is 0 Å². The number of rotatable bonds is 3. The van der Waals surface area contributed by atoms with Crippen LogP contribution in [-0.2, 0) is 0 Å². The number of hydrogen-bond acceptors (Lipinski definition) is 4. The Balaban J connectivity index is 2.31. The van der Waals surface area contributed by atoms with E-state index >= 15 is 0 Å². The standard InChI is InChI=1S/C13H17ClN4/c1-16-9-11-4-2-3-7-18(11)13-12(14)10(8-15)5-6-17-13/h5-6,11,16H,2-4,7,9H2,1H3. The number of anilines is 1. The van der Waals surface area contributed by atoms with Crippen molar-refractivity contribution in [3.63, 3.8) is 0 Å². The van der Waals surface area contributed by atoms with Gasteiger partial charge in [0.25, 0.3) is 0 Å². The number of nitriles is 1. The Hall–Kier alpha value is -1.31. The Morgan fingerprint density at radius 2 is 2.44 bits per heavy atom. The maximum absolute atomic E-state index is 9.02. The quantitative estimate of drug-likeness (QED) is 0.909. The number of halogens is 1. The molecular weight excluding hydrogens is 248 g/mol. The van der Waals surface area contributed by atoms with Crippen molar-refractivity contribution in [2.45, 2.75) is 25.3 Å². The molecule has 5 heteroatoms. The molecule has 0 aromatic carbocycles. The van der Waals surface area contributed by atoms with Gasteiger partial charge in [-0.15, -0.1) is 0 Å². The zero-order valence-electron chi connectivity index (χ0n) is 10.5. The van der Waals surface area contributed by atoms with E-state index in [1.54, 1.807) is 12.3 Å². The van der Waals surface area contributed by atoms with E-state index in [1.807, 2.05) is 7.05 Å². The lowest BCUT2D eigenvalue weighted by atomic mass is 10.0. The van der Waals surface area contributed by atoms with Crippen molar-refractivity contribution < 1.29 is 0 Å². The summed E-state index contributed by atoms with van der Waals surface area (Å²) < 4.78 is 0. The van der Waals surface area contributed by atoms with E-state index in [1.165, 1.54) is 6.42 Å². The second-order valence-corrected chi connectivity index (χ2v) is 4.89. The predicted octanol–water partition coefficient (Wildman–Crippen LogP) is 2.18. The van der Waals surface area contributed by atoms with Crippen molar-refractivity contribution in [1.82, 2.24) is 10.3 Å². The van der Waals surface area contributed by atoms with Gasteiger partial charge in [0, 0.05) is 25.3 Å². The van der Waals surface area contributed by atoms with Crippen molar-refractivity contribution in [3.8, 4) is 6.07 Å². The molecule has 96 valence electrons. The summed E-state index contributed by atoms with van der Waals surface area (Å²) in [6.45, 7) is 1.86. The van der Waals surface area contributed by atoms with E-state index in [0.29, 0.717) is 16.6 Å². The molecule has 0 spiro atoms. The summed E-state index contributed by atoms with van der Waals surface area (Å²) in [5.74, 6) is 0.746. The fourth-order valence-electron chi connectivity index (χ4n) is 2.45. The third-order valence-electron chi connectivity index (χ3n) is 3.33. The van der Waals surface area contributed by atoms with Gasteiger partial charge in [0.15, 0.2) is 0 Å². The van der Waals surface area contributed by atoms with Crippen LogP contribution in [0.3, 0.4) is 0 Å². The van der Waals surface area contributed by atoms with Crippen LogP contribution >= 0.6 is 11.6 Å². The topological polar surface area (TPSA) is 52.0 Å². The molecule has 1 saturated heterocycles. The van der Waals surface area contributed by atoms with Crippen molar-refractivity contribution in [2.24, 2.45) is 0 Å². The zero-order valence-corrected chi connectivity index (χ0v) is 11.2. The van der Waals surface area contributed by atoms with E-state index in [2.05, 4.69) is 21.3 Å². The summed E-state index contributed by atoms with van der Waals surface area (Å²) in [6.07, 6.45) is 5.17. The van der Waals surface area contributed by atoms with Crippen LogP contribution < -0.4 is 10.2 Å². The minimum Gasteiger partial charge on any atom is -0.351 e. The third-order valence-corrected chi connectivity index (χ3v) is 3.70. The van der Waals surface area contributed by atoms with Crippen molar-refractivity contribution in [1.29, 1.82) is 5.26 Å². The normalized spacial score (nSPS) is 19.6. The number of pyridine rings is 1. The molecule has 1 unspecified atom stereocenters. The number of nitrogens with zero attached hydrogens (tertiary/aromatic N) is 3. The average Bonchev–Trinajstić information content (AvgIpc) is 2.40. The lowest BCUT2D eigenvalue weighted by Gasteiger charge is -2.37. The molecule has 4 nitrogen and oxygen atoms in total. The monoisotopic (exact) mass is 264 g/mol. The fraction of sp³-hybridized carbons (Fsp3) is 0.538. The van der Waals surface area contributed by atoms with E-state index < -0.39 is 0 Å². The summed E-state index contributed by atoms with van der Waals surface area (Å²) in [7, 11) is 1.95. The van der Waals surface area contributed by atoms with Gasteiger partial charge in [0.05, 0.1) is 5.56 Å². The number of piperidine rings is 1. The summed E-state index contributed by atoms with van der Waals surface area (Å²) >= 11 is 6.26. The SMILES string of the molecule is CNCC1CCCCN1c1nccc(C#N)c1Cl. The summed E-state index contributed by atoms with van der Waals surface area (Å²) in [5.41, 5.74) is 0.496. The van der Waals surface area contributed by atoms with E-state index in [0.717, 1.165) is 31.7 Å². The molecule has 2 heterocycles. The smallest absolute Gasteiger partial charge is 0.149 e. The predicted molar refractivity (Wildman–Crippen MR) is 72.9 cm³/mol. The van der Waals surface area contributed by atoms with E-state index in [-0.39, 0.29) is 0 Å². The van der Waals surface area contributed by atoms with Gasteiger partial charge in [-0.2, -0.15) is 5.26 Å². The molecular formula is C13H17ClN4. The highest BCUT2D eigenvalue weighted by Gasteiger charge is 2.25. The van der Waals surface area contributed by atoms with Crippen LogP contribution in [-0.4, -0.2) is 31.2 Å². The van der Waals surface area contributed by atoms with Gasteiger partial charge in [0.1, 0.15) is 16.9 Å². The number of hydrogen-bond donors (Lipinski definition) is 1. The molecule has 0 radical (unpaired) electrons. The first-order chi connectivity index (χ1) is 8.77. The molecule has 1 aliphatic rings. The second kappa shape index (κ2) is 6.03. The highest BCUT2D eigenvalue weighted by molar-refractivity contribution is 6.34. The lowest BCUT2D eigenvalue weighted by Crippen LogP contribution is -2.45. The van der Waals surface area contributed by atoms with Crippen LogP contribution in [0.5, 0.6) is 0 Å². The number of aromatic nitrogens is 1. The maximum Gasteiger partial charge on any atom is 0.149 e. The van der Waals surface area contributed by atoms with Crippen molar-refractivity contribution in [3.05, 3.63) is 22.8 Å². The average molecular weight is 265 g/mol. The Morgan fingerprint density at radius 1 is 1.61 bits per heavy atom. The second-order valence-electron chi connectivity index (χ2n) is 4.51. The van der Waals surface area contributed by atoms with Gasteiger partial charge in [-0.3, -0.25) is 0 Å². The van der Waals surface area contributed by atoms with Gasteiger partial charge in [0.2, 0.25) is 0 Å². The molecule has 2 rings (SSSR count). The Bertz CT molecular complexity index is 453. The number of nitrogens with one attached hydrogen (secondary N) is 1. The van der Waals surface area contributed by atoms with Crippen LogP contribution in [0.1, 0.15) is 24.8 Å². The molecule has 1 fully saturated rings. The van der Waals surface area contributed by atoms with Gasteiger partial charge >= 0.3 is 0 Å². The molecule has 0 aliphatic carbocycles. The van der Waals surface area contributed by atoms with Crippen LogP contribution in [0.25, 0.3) is 0 Å². The molecule has 1 N–H and O–H groups in total. The molecule has 0 saturated carbocycles. The fourth-order valence-corrected chi connectivity index (χ4v) is 2.71. The molecule has 0 bridgehead atoms. The summed E-state index contributed by atoms with van der Waals surface area (Å²) in [5, 5.41) is 12.7. The van der Waals surface area contributed by atoms with Gasteiger partial charge in [-0.05, 0) is 32.4 Å². The van der Waals surface area contributed by atoms with Crippen LogP contribution in [0.15, 0.2) is 12.3 Å². The maximum atomic E-state index is 9.02. The first-order valence-electron chi connectivity index (χ1n) is 6.23. The number of likely N-dealkylation sites (N-methyl/N-ethyl adjacent to an activating group) is 1. The van der Waals surface area contributed by atoms with Crippen LogP contribution in [0.4, 0.5) is 5.82 Å². The lowest BCUT2D eigenvalue weighted by molar-refractivity contribution is 0.443. The van der Waals surface area contributed by atoms with Crippen molar-refractivity contribution >= 4 is 17.4 Å². The Morgan fingerprint density at radius 3 is 3.17 bits per heavy atom. The zero-order chi connectivity index (χ0) is 13.0. The van der Waals surface area contributed by atoms with Gasteiger partial charge in [-0.25, -0.2) is 4.98 Å². The minimum absolute atomic E-state index is 0.405. The van der Waals surface area contributed by atoms with Gasteiger partial charge < -0.3 is 10.2 Å². The first kappa shape index (κ1) is 13.1. The highest BCUT2D eigenvalue weighted by Crippen LogP contribution is 2.30. The Labute approximate surface area is 113 Å². The summed E-state index contributed by atoms with van der Waals surface area (Å²) in [6, 6.07) is 4.17. The first-order valence-corrected chi connectivity index (χ1v) is 6.61. The van der Waals surface area contributed by atoms with E-state index in [4.69, 9.17) is 16.9 Å².